The average molecular weight is 232 g/mol. The summed E-state index contributed by atoms with van der Waals surface area (Å²) in [7, 11) is 0. The maximum absolute atomic E-state index is 11.2. The van der Waals surface area contributed by atoms with Gasteiger partial charge in [-0.3, -0.25) is 4.79 Å². The van der Waals surface area contributed by atoms with E-state index in [0.717, 1.165) is 32.4 Å². The molecule has 17 heavy (non-hydrogen) atoms. The molecule has 0 aromatic heterocycles. The Morgan fingerprint density at radius 3 is 3.00 bits per heavy atom. The van der Waals surface area contributed by atoms with Crippen molar-refractivity contribution in [2.45, 2.75) is 32.7 Å². The van der Waals surface area contributed by atoms with Crippen molar-refractivity contribution in [1.82, 2.24) is 5.32 Å². The fourth-order valence-electron chi connectivity index (χ4n) is 2.43. The third kappa shape index (κ3) is 2.86. The highest BCUT2D eigenvalue weighted by molar-refractivity contribution is 5.77. The van der Waals surface area contributed by atoms with Crippen molar-refractivity contribution in [3.8, 4) is 0 Å². The number of amides is 1. The third-order valence-electron chi connectivity index (χ3n) is 3.48. The minimum Gasteiger partial charge on any atom is -0.369 e. The van der Waals surface area contributed by atoms with Gasteiger partial charge in [0.25, 0.3) is 0 Å². The third-order valence-corrected chi connectivity index (χ3v) is 3.48. The van der Waals surface area contributed by atoms with Gasteiger partial charge in [0.15, 0.2) is 0 Å². The molecule has 1 amide bonds. The topological polar surface area (TPSA) is 55.1 Å². The fraction of sp³-hybridized carbons (Fsp3) is 0.500. The normalized spacial score (nSPS) is 18.8. The van der Waals surface area contributed by atoms with Crippen LogP contribution in [0.25, 0.3) is 0 Å². The highest BCUT2D eigenvalue weighted by atomic mass is 16.1. The summed E-state index contributed by atoms with van der Waals surface area (Å²) in [6, 6.07) is 6.55. The lowest BCUT2D eigenvalue weighted by Crippen LogP contribution is -2.28. The van der Waals surface area contributed by atoms with E-state index in [9.17, 15) is 4.79 Å². The molecule has 3 heteroatoms. The average Bonchev–Trinajstić information content (AvgIpc) is 2.35. The zero-order valence-corrected chi connectivity index (χ0v) is 10.3. The van der Waals surface area contributed by atoms with Crippen LogP contribution in [0, 0.1) is 5.92 Å². The number of nitrogens with two attached hydrogens (primary N) is 1. The number of fused-ring (bicyclic) bond motifs is 1. The molecule has 2 rings (SSSR count). The van der Waals surface area contributed by atoms with Gasteiger partial charge in [0.1, 0.15) is 0 Å². The van der Waals surface area contributed by atoms with Crippen LogP contribution in [-0.4, -0.2) is 12.5 Å². The van der Waals surface area contributed by atoms with Crippen LogP contribution in [0.15, 0.2) is 18.2 Å². The predicted octanol–water partition coefficient (Wildman–Crippen LogP) is 1.39. The first-order chi connectivity index (χ1) is 8.20. The summed E-state index contributed by atoms with van der Waals surface area (Å²) >= 11 is 0. The van der Waals surface area contributed by atoms with Crippen molar-refractivity contribution >= 4 is 5.91 Å². The summed E-state index contributed by atoms with van der Waals surface area (Å²) in [5.74, 6) is -0.130. The van der Waals surface area contributed by atoms with Gasteiger partial charge in [0.2, 0.25) is 5.91 Å². The van der Waals surface area contributed by atoms with E-state index in [4.69, 9.17) is 5.73 Å². The molecule has 0 saturated heterocycles. The number of benzene rings is 1. The molecule has 1 aromatic carbocycles. The van der Waals surface area contributed by atoms with E-state index in [0.29, 0.717) is 0 Å². The molecule has 0 spiro atoms. The second kappa shape index (κ2) is 5.32. The van der Waals surface area contributed by atoms with E-state index in [-0.39, 0.29) is 11.8 Å². The molecule has 0 aliphatic heterocycles. The lowest BCUT2D eigenvalue weighted by Gasteiger charge is -2.22. The Morgan fingerprint density at radius 1 is 1.47 bits per heavy atom. The van der Waals surface area contributed by atoms with Crippen LogP contribution in [-0.2, 0) is 24.2 Å². The number of carbonyl (C=O) groups excluding carboxylic acids is 1. The Bertz CT molecular complexity index is 415. The lowest BCUT2D eigenvalue weighted by molar-refractivity contribution is -0.122. The van der Waals surface area contributed by atoms with Gasteiger partial charge in [-0.05, 0) is 42.5 Å². The largest absolute Gasteiger partial charge is 0.369 e. The highest BCUT2D eigenvalue weighted by Gasteiger charge is 2.22. The molecular formula is C14H20N2O. The molecule has 3 nitrogen and oxygen atoms in total. The van der Waals surface area contributed by atoms with Crippen LogP contribution in [0.4, 0.5) is 0 Å². The van der Waals surface area contributed by atoms with Crippen LogP contribution in [0.2, 0.25) is 0 Å². The van der Waals surface area contributed by atoms with Crippen molar-refractivity contribution in [3.63, 3.8) is 0 Å². The number of hydrogen-bond donors (Lipinski definition) is 2. The number of hydrogen-bond acceptors (Lipinski definition) is 2. The quantitative estimate of drug-likeness (QED) is 0.824. The first-order valence-electron chi connectivity index (χ1n) is 6.31. The number of aryl methyl sites for hydroxylation is 1. The Balaban J connectivity index is 2.11. The zero-order valence-electron chi connectivity index (χ0n) is 10.3. The van der Waals surface area contributed by atoms with Gasteiger partial charge in [-0.15, -0.1) is 0 Å². The number of nitrogens with one attached hydrogen (secondary N) is 1. The molecule has 92 valence electrons. The minimum atomic E-state index is -0.160. The maximum atomic E-state index is 11.2. The molecule has 0 radical (unpaired) electrons. The molecule has 1 atom stereocenters. The lowest BCUT2D eigenvalue weighted by atomic mass is 9.83. The van der Waals surface area contributed by atoms with E-state index < -0.39 is 0 Å². The van der Waals surface area contributed by atoms with E-state index in [1.807, 2.05) is 0 Å². The second-order valence-electron chi connectivity index (χ2n) is 4.73. The van der Waals surface area contributed by atoms with Gasteiger partial charge in [-0.2, -0.15) is 0 Å². The van der Waals surface area contributed by atoms with Crippen LogP contribution in [0.3, 0.4) is 0 Å². The molecular weight excluding hydrogens is 212 g/mol. The molecule has 0 fully saturated rings. The Hall–Kier alpha value is -1.35. The van der Waals surface area contributed by atoms with Gasteiger partial charge in [0, 0.05) is 12.5 Å². The van der Waals surface area contributed by atoms with Crippen LogP contribution in [0.1, 0.15) is 30.0 Å². The minimum absolute atomic E-state index is 0.0297. The molecule has 1 aliphatic rings. The SMILES string of the molecule is CCNCc1ccc2c(c1)CCC(C(N)=O)C2. The van der Waals surface area contributed by atoms with Crippen LogP contribution in [0.5, 0.6) is 0 Å². The van der Waals surface area contributed by atoms with Gasteiger partial charge >= 0.3 is 0 Å². The summed E-state index contributed by atoms with van der Waals surface area (Å²) in [4.78, 5) is 11.2. The fourth-order valence-corrected chi connectivity index (χ4v) is 2.43. The molecule has 1 aromatic rings. The van der Waals surface area contributed by atoms with Crippen molar-refractivity contribution in [1.29, 1.82) is 0 Å². The smallest absolute Gasteiger partial charge is 0.220 e. The van der Waals surface area contributed by atoms with Gasteiger partial charge in [-0.25, -0.2) is 0 Å². The number of rotatable bonds is 4. The molecule has 0 heterocycles. The van der Waals surface area contributed by atoms with Crippen LogP contribution >= 0.6 is 0 Å². The Kier molecular flexibility index (Phi) is 3.79. The standard InChI is InChI=1S/C14H20N2O/c1-2-16-9-10-3-4-12-8-13(14(15)17)6-5-11(12)7-10/h3-4,7,13,16H,2,5-6,8-9H2,1H3,(H2,15,17). The van der Waals surface area contributed by atoms with Gasteiger partial charge in [0.05, 0.1) is 0 Å². The van der Waals surface area contributed by atoms with Crippen molar-refractivity contribution < 1.29 is 4.79 Å². The van der Waals surface area contributed by atoms with Crippen molar-refractivity contribution in [2.75, 3.05) is 6.54 Å². The summed E-state index contributed by atoms with van der Waals surface area (Å²) < 4.78 is 0. The summed E-state index contributed by atoms with van der Waals surface area (Å²) in [6.45, 7) is 4.01. The van der Waals surface area contributed by atoms with Crippen molar-refractivity contribution in [3.05, 3.63) is 34.9 Å². The van der Waals surface area contributed by atoms with E-state index in [1.54, 1.807) is 0 Å². The Morgan fingerprint density at radius 2 is 2.29 bits per heavy atom. The van der Waals surface area contributed by atoms with Gasteiger partial charge in [-0.1, -0.05) is 25.1 Å². The first kappa shape index (κ1) is 12.1. The van der Waals surface area contributed by atoms with E-state index in [2.05, 4.69) is 30.4 Å². The van der Waals surface area contributed by atoms with Gasteiger partial charge < -0.3 is 11.1 Å². The van der Waals surface area contributed by atoms with Crippen molar-refractivity contribution in [2.24, 2.45) is 11.7 Å². The van der Waals surface area contributed by atoms with E-state index in [1.165, 1.54) is 16.7 Å². The Labute approximate surface area is 102 Å². The second-order valence-corrected chi connectivity index (χ2v) is 4.73. The molecule has 0 bridgehead atoms. The zero-order chi connectivity index (χ0) is 12.3. The molecule has 3 N–H and O–H groups in total. The number of carbonyl (C=O) groups is 1. The molecule has 1 unspecified atom stereocenters. The summed E-state index contributed by atoms with van der Waals surface area (Å²) in [6.07, 6.45) is 2.68. The molecule has 1 aliphatic carbocycles. The molecule has 0 saturated carbocycles. The summed E-state index contributed by atoms with van der Waals surface area (Å²) in [5, 5.41) is 3.32. The monoisotopic (exact) mass is 232 g/mol. The number of primary amides is 1. The van der Waals surface area contributed by atoms with Crippen LogP contribution < -0.4 is 11.1 Å². The van der Waals surface area contributed by atoms with E-state index >= 15 is 0 Å². The summed E-state index contributed by atoms with van der Waals surface area (Å²) in [5.41, 5.74) is 9.37. The predicted molar refractivity (Wildman–Crippen MR) is 68.5 cm³/mol. The first-order valence-corrected chi connectivity index (χ1v) is 6.31. The maximum Gasteiger partial charge on any atom is 0.220 e. The highest BCUT2D eigenvalue weighted by Crippen LogP contribution is 2.26.